The third kappa shape index (κ3) is 4.24. The molecule has 0 bridgehead atoms. The number of hydrogen-bond acceptors (Lipinski definition) is 8. The standard InChI is InChI=1S/C23H23N7O/c24-23-28-21-20(22(29-23)30-10-12-31-13-11-30)27-19(15-26-21)17-8-6-16(7-9-17)14-25-18-4-2-1-3-5-18/h1-9,15,25H,10-14H2,(H2,24,26,28,29). The lowest BCUT2D eigenvalue weighted by atomic mass is 10.1. The van der Waals surface area contributed by atoms with Crippen LogP contribution < -0.4 is 16.0 Å². The van der Waals surface area contributed by atoms with Gasteiger partial charge in [-0.2, -0.15) is 9.97 Å². The first kappa shape index (κ1) is 19.2. The van der Waals surface area contributed by atoms with Gasteiger partial charge in [0.25, 0.3) is 0 Å². The highest BCUT2D eigenvalue weighted by atomic mass is 16.5. The van der Waals surface area contributed by atoms with E-state index in [0.717, 1.165) is 36.6 Å². The van der Waals surface area contributed by atoms with Gasteiger partial charge in [-0.15, -0.1) is 0 Å². The molecule has 0 aliphatic carbocycles. The van der Waals surface area contributed by atoms with Gasteiger partial charge in [0.1, 0.15) is 0 Å². The molecule has 8 heteroatoms. The lowest BCUT2D eigenvalue weighted by molar-refractivity contribution is 0.122. The first-order chi connectivity index (χ1) is 15.3. The Labute approximate surface area is 180 Å². The summed E-state index contributed by atoms with van der Waals surface area (Å²) < 4.78 is 5.46. The van der Waals surface area contributed by atoms with Crippen molar-refractivity contribution in [1.29, 1.82) is 0 Å². The monoisotopic (exact) mass is 413 g/mol. The molecule has 1 aliphatic heterocycles. The normalized spacial score (nSPS) is 14.0. The number of para-hydroxylation sites is 1. The summed E-state index contributed by atoms with van der Waals surface area (Å²) in [4.78, 5) is 20.2. The zero-order valence-electron chi connectivity index (χ0n) is 17.0. The minimum atomic E-state index is 0.200. The molecule has 3 heterocycles. The predicted molar refractivity (Wildman–Crippen MR) is 122 cm³/mol. The molecular formula is C23H23N7O. The topological polar surface area (TPSA) is 102 Å². The van der Waals surface area contributed by atoms with Crippen LogP contribution in [0.4, 0.5) is 17.5 Å². The highest BCUT2D eigenvalue weighted by molar-refractivity contribution is 5.85. The van der Waals surface area contributed by atoms with Gasteiger partial charge < -0.3 is 20.7 Å². The molecule has 8 nitrogen and oxygen atoms in total. The van der Waals surface area contributed by atoms with Crippen molar-refractivity contribution in [2.45, 2.75) is 6.54 Å². The van der Waals surface area contributed by atoms with Crippen LogP contribution in [0.2, 0.25) is 0 Å². The van der Waals surface area contributed by atoms with Crippen LogP contribution in [0.1, 0.15) is 5.56 Å². The van der Waals surface area contributed by atoms with E-state index in [0.29, 0.717) is 30.2 Å². The molecule has 1 aliphatic rings. The zero-order chi connectivity index (χ0) is 21.0. The highest BCUT2D eigenvalue weighted by Gasteiger charge is 2.19. The number of morpholine rings is 1. The number of rotatable bonds is 5. The highest BCUT2D eigenvalue weighted by Crippen LogP contribution is 2.26. The van der Waals surface area contributed by atoms with Gasteiger partial charge in [-0.05, 0) is 17.7 Å². The van der Waals surface area contributed by atoms with Gasteiger partial charge in [-0.25, -0.2) is 9.97 Å². The fourth-order valence-corrected chi connectivity index (χ4v) is 3.60. The summed E-state index contributed by atoms with van der Waals surface area (Å²) in [6, 6.07) is 18.5. The summed E-state index contributed by atoms with van der Waals surface area (Å²) >= 11 is 0. The molecule has 0 amide bonds. The summed E-state index contributed by atoms with van der Waals surface area (Å²) in [6.07, 6.45) is 1.73. The second kappa shape index (κ2) is 8.53. The first-order valence-corrected chi connectivity index (χ1v) is 10.3. The number of nitrogens with one attached hydrogen (secondary N) is 1. The Morgan fingerprint density at radius 2 is 1.71 bits per heavy atom. The lowest BCUT2D eigenvalue weighted by Crippen LogP contribution is -2.37. The van der Waals surface area contributed by atoms with Crippen molar-refractivity contribution in [3.8, 4) is 11.3 Å². The van der Waals surface area contributed by atoms with Crippen LogP contribution in [0.15, 0.2) is 60.8 Å². The molecule has 3 N–H and O–H groups in total. The summed E-state index contributed by atoms with van der Waals surface area (Å²) in [5, 5.41) is 3.42. The van der Waals surface area contributed by atoms with Gasteiger partial charge in [-0.3, -0.25) is 0 Å². The van der Waals surface area contributed by atoms with Gasteiger partial charge in [0.05, 0.1) is 25.1 Å². The molecule has 156 valence electrons. The Bertz CT molecular complexity index is 1180. The van der Waals surface area contributed by atoms with Crippen LogP contribution in [0, 0.1) is 0 Å². The van der Waals surface area contributed by atoms with E-state index in [2.05, 4.69) is 61.6 Å². The summed E-state index contributed by atoms with van der Waals surface area (Å²) in [5.41, 5.74) is 11.1. The second-order valence-corrected chi connectivity index (χ2v) is 7.35. The van der Waals surface area contributed by atoms with Gasteiger partial charge in [-0.1, -0.05) is 42.5 Å². The van der Waals surface area contributed by atoms with Crippen LogP contribution in [0.5, 0.6) is 0 Å². The Morgan fingerprint density at radius 1 is 0.935 bits per heavy atom. The average molecular weight is 413 g/mol. The molecule has 0 spiro atoms. The molecule has 1 saturated heterocycles. The van der Waals surface area contributed by atoms with Crippen molar-refractivity contribution in [1.82, 2.24) is 19.9 Å². The number of anilines is 3. The Hall–Kier alpha value is -3.78. The molecule has 2 aromatic heterocycles. The first-order valence-electron chi connectivity index (χ1n) is 10.3. The molecule has 4 aromatic rings. The van der Waals surface area contributed by atoms with E-state index >= 15 is 0 Å². The summed E-state index contributed by atoms with van der Waals surface area (Å²) in [7, 11) is 0. The Balaban J connectivity index is 1.41. The fourth-order valence-electron chi connectivity index (χ4n) is 3.60. The number of fused-ring (bicyclic) bond motifs is 1. The molecule has 1 fully saturated rings. The van der Waals surface area contributed by atoms with E-state index in [1.807, 2.05) is 18.2 Å². The maximum absolute atomic E-state index is 5.91. The van der Waals surface area contributed by atoms with Crippen LogP contribution in [0.3, 0.4) is 0 Å². The van der Waals surface area contributed by atoms with Gasteiger partial charge in [0.15, 0.2) is 17.0 Å². The van der Waals surface area contributed by atoms with Crippen LogP contribution in [-0.4, -0.2) is 46.2 Å². The summed E-state index contributed by atoms with van der Waals surface area (Å²) in [6.45, 7) is 3.52. The number of hydrogen-bond donors (Lipinski definition) is 2. The number of nitrogens with zero attached hydrogens (tertiary/aromatic N) is 5. The number of nitrogen functional groups attached to an aromatic ring is 1. The van der Waals surface area contributed by atoms with Crippen molar-refractivity contribution in [2.24, 2.45) is 0 Å². The van der Waals surface area contributed by atoms with E-state index in [1.165, 1.54) is 5.56 Å². The van der Waals surface area contributed by atoms with Gasteiger partial charge in [0.2, 0.25) is 5.95 Å². The molecule has 5 rings (SSSR count). The van der Waals surface area contributed by atoms with Crippen molar-refractivity contribution in [3.05, 3.63) is 66.4 Å². The smallest absolute Gasteiger partial charge is 0.224 e. The van der Waals surface area contributed by atoms with Crippen LogP contribution >= 0.6 is 0 Å². The summed E-state index contributed by atoms with van der Waals surface area (Å²) in [5.74, 6) is 0.912. The lowest BCUT2D eigenvalue weighted by Gasteiger charge is -2.28. The number of benzene rings is 2. The van der Waals surface area contributed by atoms with Crippen molar-refractivity contribution >= 4 is 28.6 Å². The van der Waals surface area contributed by atoms with Crippen molar-refractivity contribution in [3.63, 3.8) is 0 Å². The van der Waals surface area contributed by atoms with Crippen LogP contribution in [-0.2, 0) is 11.3 Å². The molecule has 0 radical (unpaired) electrons. The maximum Gasteiger partial charge on any atom is 0.224 e. The van der Waals surface area contributed by atoms with E-state index < -0.39 is 0 Å². The third-order valence-corrected chi connectivity index (χ3v) is 5.24. The Kier molecular flexibility index (Phi) is 5.28. The molecular weight excluding hydrogens is 390 g/mol. The predicted octanol–water partition coefficient (Wildman–Crippen LogP) is 3.12. The number of ether oxygens (including phenoxy) is 1. The number of aromatic nitrogens is 4. The van der Waals surface area contributed by atoms with Crippen molar-refractivity contribution in [2.75, 3.05) is 42.3 Å². The number of nitrogens with two attached hydrogens (primary N) is 1. The minimum Gasteiger partial charge on any atom is -0.381 e. The van der Waals surface area contributed by atoms with E-state index in [4.69, 9.17) is 15.5 Å². The quantitative estimate of drug-likeness (QED) is 0.515. The van der Waals surface area contributed by atoms with E-state index in [1.54, 1.807) is 6.20 Å². The van der Waals surface area contributed by atoms with E-state index in [-0.39, 0.29) is 5.95 Å². The largest absolute Gasteiger partial charge is 0.381 e. The van der Waals surface area contributed by atoms with Gasteiger partial charge >= 0.3 is 0 Å². The molecule has 0 saturated carbocycles. The van der Waals surface area contributed by atoms with Crippen LogP contribution in [0.25, 0.3) is 22.4 Å². The van der Waals surface area contributed by atoms with E-state index in [9.17, 15) is 0 Å². The molecule has 31 heavy (non-hydrogen) atoms. The second-order valence-electron chi connectivity index (χ2n) is 7.35. The molecule has 0 unspecified atom stereocenters. The molecule has 2 aromatic carbocycles. The SMILES string of the molecule is Nc1nc(N2CCOCC2)c2nc(-c3ccc(CNc4ccccc4)cc3)cnc2n1. The minimum absolute atomic E-state index is 0.200. The Morgan fingerprint density at radius 3 is 2.48 bits per heavy atom. The van der Waals surface area contributed by atoms with Crippen molar-refractivity contribution < 1.29 is 4.74 Å². The maximum atomic E-state index is 5.91. The fraction of sp³-hybridized carbons (Fsp3) is 0.217. The van der Waals surface area contributed by atoms with Gasteiger partial charge in [0, 0.05) is 30.9 Å². The third-order valence-electron chi connectivity index (χ3n) is 5.24. The molecule has 0 atom stereocenters. The zero-order valence-corrected chi connectivity index (χ0v) is 17.0. The average Bonchev–Trinajstić information content (AvgIpc) is 2.83.